The quantitative estimate of drug-likeness (QED) is 0.0970. The highest BCUT2D eigenvalue weighted by Crippen LogP contribution is 2.52. The molecule has 302 valence electrons. The topological polar surface area (TPSA) is 119 Å². The van der Waals surface area contributed by atoms with Gasteiger partial charge in [-0.1, -0.05) is 107 Å². The number of amides is 1. The molecule has 4 aliphatic rings. The number of carboxylic acid groups (broad SMARTS) is 1. The monoisotopic (exact) mass is 779 g/mol. The van der Waals surface area contributed by atoms with Crippen LogP contribution in [0.1, 0.15) is 101 Å². The van der Waals surface area contributed by atoms with E-state index < -0.39 is 11.9 Å². The van der Waals surface area contributed by atoms with Crippen molar-refractivity contribution >= 4 is 29.5 Å². The van der Waals surface area contributed by atoms with E-state index in [4.69, 9.17) is 0 Å². The van der Waals surface area contributed by atoms with Gasteiger partial charge in [0, 0.05) is 42.4 Å². The lowest BCUT2D eigenvalue weighted by atomic mass is 9.82. The molecule has 3 aromatic carbocycles. The maximum Gasteiger partial charge on any atom is 0.306 e. The Morgan fingerprint density at radius 3 is 2.29 bits per heavy atom. The molecule has 9 heteroatoms. The van der Waals surface area contributed by atoms with Crippen LogP contribution in [0.15, 0.2) is 103 Å². The lowest BCUT2D eigenvalue weighted by molar-refractivity contribution is -0.141. The standard InChI is InChI=1S/C49H57N5O4/c1-30(2)45(37-26-38(37)48(57)58)47(56)53-24-7-10-43(53)41-9-6-8-40(52-41)32-15-19-35(20-16-32)46-39(49(3,4)5)27-44(54(46)36-21-11-31(12-22-36)23-25-55)34-17-13-33(14-18-34)42-28-50-29-51-42/h6,9,11-22,25,28-30,37-38,40-41,43-45,52H,7-8,10,23-24,26-27H2,1-5H3,(H,50,51)(H,57,58)/t37?,38-,40?,41?,43+,44?,45-/m1/s1. The fraction of sp³-hybridized carbons (Fsp3) is 0.429. The van der Waals surface area contributed by atoms with Crippen molar-refractivity contribution in [1.29, 1.82) is 0 Å². The molecule has 3 aliphatic heterocycles. The van der Waals surface area contributed by atoms with Gasteiger partial charge in [0.1, 0.15) is 6.29 Å². The number of aromatic nitrogens is 2. The van der Waals surface area contributed by atoms with Gasteiger partial charge in [-0.15, -0.1) is 0 Å². The van der Waals surface area contributed by atoms with E-state index in [1.165, 1.54) is 22.4 Å². The number of hydrogen-bond acceptors (Lipinski definition) is 6. The summed E-state index contributed by atoms with van der Waals surface area (Å²) in [5, 5.41) is 13.6. The van der Waals surface area contributed by atoms with Crippen LogP contribution in [0.5, 0.6) is 0 Å². The number of imidazole rings is 1. The van der Waals surface area contributed by atoms with Crippen LogP contribution < -0.4 is 10.2 Å². The number of hydrogen-bond donors (Lipinski definition) is 3. The fourth-order valence-electron chi connectivity index (χ4n) is 9.97. The number of aldehydes is 1. The zero-order chi connectivity index (χ0) is 40.7. The number of carbonyl (C=O) groups is 3. The van der Waals surface area contributed by atoms with Crippen LogP contribution in [0.3, 0.4) is 0 Å². The maximum absolute atomic E-state index is 14.1. The molecule has 0 radical (unpaired) electrons. The second-order valence-corrected chi connectivity index (χ2v) is 18.2. The summed E-state index contributed by atoms with van der Waals surface area (Å²) < 4.78 is 0. The third kappa shape index (κ3) is 7.81. The van der Waals surface area contributed by atoms with Gasteiger partial charge in [-0.3, -0.25) is 9.59 Å². The Morgan fingerprint density at radius 2 is 1.67 bits per heavy atom. The molecule has 4 heterocycles. The number of rotatable bonds is 12. The zero-order valence-corrected chi connectivity index (χ0v) is 34.4. The Bertz CT molecular complexity index is 2170. The van der Waals surface area contributed by atoms with E-state index in [1.54, 1.807) is 6.33 Å². The first-order chi connectivity index (χ1) is 27.9. The summed E-state index contributed by atoms with van der Waals surface area (Å²) in [4.78, 5) is 49.2. The summed E-state index contributed by atoms with van der Waals surface area (Å²) in [6.45, 7) is 11.8. The molecular weight excluding hydrogens is 723 g/mol. The van der Waals surface area contributed by atoms with Gasteiger partial charge < -0.3 is 30.0 Å². The van der Waals surface area contributed by atoms with Crippen LogP contribution in [0.2, 0.25) is 0 Å². The highest BCUT2D eigenvalue weighted by Gasteiger charge is 2.53. The second-order valence-electron chi connectivity index (χ2n) is 18.2. The summed E-state index contributed by atoms with van der Waals surface area (Å²) in [7, 11) is 0. The number of likely N-dealkylation sites (tertiary alicyclic amines) is 1. The summed E-state index contributed by atoms with van der Waals surface area (Å²) in [5.41, 5.74) is 10.3. The number of H-pyrrole nitrogens is 1. The molecule has 0 spiro atoms. The molecule has 9 nitrogen and oxygen atoms in total. The van der Waals surface area contributed by atoms with Crippen molar-refractivity contribution in [2.75, 3.05) is 11.4 Å². The van der Waals surface area contributed by atoms with Crippen LogP contribution in [0, 0.1) is 29.1 Å². The Labute approximate surface area is 342 Å². The first-order valence-corrected chi connectivity index (χ1v) is 21.1. The SMILES string of the molecule is CC(C)[C@@H](C(=O)N1CCC[C@H]1C1C=CCC(c2ccc(C3=C(C(C)(C)C)CC(c4ccc(-c5cnc[nH]5)cc4)N3c3ccc(CC=O)cc3)cc2)N1)C1C[C@H]1C(=O)O. The van der Waals surface area contributed by atoms with E-state index in [2.05, 4.69) is 145 Å². The second kappa shape index (κ2) is 16.2. The minimum Gasteiger partial charge on any atom is -0.481 e. The molecule has 2 fully saturated rings. The van der Waals surface area contributed by atoms with Gasteiger partial charge in [-0.05, 0) is 94.9 Å². The number of aliphatic carboxylic acids is 1. The van der Waals surface area contributed by atoms with E-state index in [0.29, 0.717) is 12.8 Å². The van der Waals surface area contributed by atoms with E-state index in [-0.39, 0.29) is 53.2 Å². The molecule has 4 aromatic rings. The number of anilines is 1. The van der Waals surface area contributed by atoms with Gasteiger partial charge >= 0.3 is 5.97 Å². The minimum atomic E-state index is -0.778. The van der Waals surface area contributed by atoms with E-state index in [9.17, 15) is 19.5 Å². The van der Waals surface area contributed by atoms with E-state index >= 15 is 0 Å². The van der Waals surface area contributed by atoms with Gasteiger partial charge in [0.25, 0.3) is 0 Å². The minimum absolute atomic E-state index is 0.0234. The molecule has 3 N–H and O–H groups in total. The van der Waals surface area contributed by atoms with Crippen molar-refractivity contribution in [1.82, 2.24) is 20.2 Å². The Hall–Kier alpha value is -5.28. The molecule has 1 aliphatic carbocycles. The Kier molecular flexibility index (Phi) is 11.0. The molecule has 7 atom stereocenters. The highest BCUT2D eigenvalue weighted by atomic mass is 16.4. The van der Waals surface area contributed by atoms with Gasteiger partial charge in [0.05, 0.1) is 36.2 Å². The molecule has 4 unspecified atom stereocenters. The smallest absolute Gasteiger partial charge is 0.306 e. The molecule has 1 aromatic heterocycles. The van der Waals surface area contributed by atoms with Gasteiger partial charge in [-0.25, -0.2) is 4.98 Å². The lowest BCUT2D eigenvalue weighted by Gasteiger charge is -2.38. The number of aromatic amines is 1. The average molecular weight is 780 g/mol. The summed E-state index contributed by atoms with van der Waals surface area (Å²) in [5.74, 6) is -1.28. The van der Waals surface area contributed by atoms with Gasteiger partial charge in [0.2, 0.25) is 5.91 Å². The average Bonchev–Trinajstić information content (AvgIpc) is 3.58. The lowest BCUT2D eigenvalue weighted by Crippen LogP contribution is -2.52. The molecule has 58 heavy (non-hydrogen) atoms. The molecule has 1 saturated carbocycles. The third-order valence-electron chi connectivity index (χ3n) is 13.1. The predicted octanol–water partition coefficient (Wildman–Crippen LogP) is 9.17. The van der Waals surface area contributed by atoms with Crippen molar-refractivity contribution in [3.63, 3.8) is 0 Å². The third-order valence-corrected chi connectivity index (χ3v) is 13.1. The van der Waals surface area contributed by atoms with Crippen molar-refractivity contribution in [2.24, 2.45) is 29.1 Å². The van der Waals surface area contributed by atoms with Gasteiger partial charge in [-0.2, -0.15) is 0 Å². The predicted molar refractivity (Wildman–Crippen MR) is 229 cm³/mol. The van der Waals surface area contributed by atoms with Crippen LogP contribution in [0.4, 0.5) is 5.69 Å². The number of benzene rings is 3. The summed E-state index contributed by atoms with van der Waals surface area (Å²) in [6, 6.07) is 26.6. The largest absolute Gasteiger partial charge is 0.481 e. The summed E-state index contributed by atoms with van der Waals surface area (Å²) in [6.07, 6.45) is 13.6. The fourth-order valence-corrected chi connectivity index (χ4v) is 9.97. The molecule has 0 bridgehead atoms. The van der Waals surface area contributed by atoms with Crippen molar-refractivity contribution in [3.05, 3.63) is 125 Å². The number of carboxylic acids is 1. The van der Waals surface area contributed by atoms with Gasteiger partial charge in [0.15, 0.2) is 0 Å². The molecular formula is C49H57N5O4. The highest BCUT2D eigenvalue weighted by molar-refractivity contribution is 5.86. The van der Waals surface area contributed by atoms with E-state index in [0.717, 1.165) is 66.6 Å². The number of carbonyl (C=O) groups excluding carboxylic acids is 2. The number of nitrogens with one attached hydrogen (secondary N) is 2. The van der Waals surface area contributed by atoms with E-state index in [1.807, 2.05) is 6.20 Å². The molecule has 8 rings (SSSR count). The summed E-state index contributed by atoms with van der Waals surface area (Å²) >= 11 is 0. The van der Waals surface area contributed by atoms with Crippen LogP contribution in [-0.2, 0) is 20.8 Å². The first kappa shape index (κ1) is 39.5. The molecule has 1 amide bonds. The number of nitrogens with zero attached hydrogens (tertiary/aromatic N) is 3. The van der Waals surface area contributed by atoms with Crippen LogP contribution in [0.25, 0.3) is 17.0 Å². The van der Waals surface area contributed by atoms with Crippen molar-refractivity contribution in [2.45, 2.75) is 97.3 Å². The van der Waals surface area contributed by atoms with Crippen LogP contribution in [-0.4, -0.2) is 56.8 Å². The zero-order valence-electron chi connectivity index (χ0n) is 34.4. The first-order valence-electron chi connectivity index (χ1n) is 21.1. The maximum atomic E-state index is 14.1. The van der Waals surface area contributed by atoms with Crippen molar-refractivity contribution < 1.29 is 19.5 Å². The Balaban J connectivity index is 1.06. The Morgan fingerprint density at radius 1 is 0.966 bits per heavy atom. The normalized spacial score (nSPS) is 25.1. The molecule has 1 saturated heterocycles. The van der Waals surface area contributed by atoms with Crippen LogP contribution >= 0.6 is 0 Å². The van der Waals surface area contributed by atoms with Crippen molar-refractivity contribution in [3.8, 4) is 11.3 Å².